The first-order chi connectivity index (χ1) is 12.1. The minimum absolute atomic E-state index is 0.285. The smallest absolute Gasteiger partial charge is 0.277 e. The monoisotopic (exact) mass is 331 g/mol. The van der Waals surface area contributed by atoms with E-state index in [0.29, 0.717) is 11.3 Å². The number of carbonyl (C=O) groups is 2. The number of rotatable bonds is 3. The highest BCUT2D eigenvalue weighted by atomic mass is 16.2. The minimum Gasteiger partial charge on any atom is -0.361 e. The fourth-order valence-corrected chi connectivity index (χ4v) is 3.24. The van der Waals surface area contributed by atoms with Gasteiger partial charge in [0.25, 0.3) is 11.8 Å². The number of H-pyrrole nitrogens is 1. The van der Waals surface area contributed by atoms with Crippen molar-refractivity contribution in [2.75, 3.05) is 19.0 Å². The summed E-state index contributed by atoms with van der Waals surface area (Å²) in [6, 6.07) is 17.3. The standard InChI is InChI=1S/C20H17N3O2/c1-22(13-8-4-3-5-9-13)18-17(19(24)23(2)20(18)25)15-12-21-16-11-7-6-10-14(15)16/h3-12,21H,1-2H3. The zero-order chi connectivity index (χ0) is 17.6. The van der Waals surface area contributed by atoms with Crippen LogP contribution in [0, 0.1) is 0 Å². The van der Waals surface area contributed by atoms with Gasteiger partial charge < -0.3 is 9.88 Å². The van der Waals surface area contributed by atoms with E-state index in [4.69, 9.17) is 0 Å². The maximum atomic E-state index is 12.8. The fraction of sp³-hybridized carbons (Fsp3) is 0.100. The molecule has 4 rings (SSSR count). The number of nitrogens with one attached hydrogen (secondary N) is 1. The second-order valence-corrected chi connectivity index (χ2v) is 6.04. The van der Waals surface area contributed by atoms with Crippen LogP contribution in [0.3, 0.4) is 0 Å². The van der Waals surface area contributed by atoms with Crippen molar-refractivity contribution in [1.82, 2.24) is 9.88 Å². The van der Waals surface area contributed by atoms with E-state index in [1.54, 1.807) is 11.1 Å². The van der Waals surface area contributed by atoms with E-state index in [9.17, 15) is 9.59 Å². The number of para-hydroxylation sites is 2. The summed E-state index contributed by atoms with van der Waals surface area (Å²) < 4.78 is 0. The van der Waals surface area contributed by atoms with Crippen LogP contribution >= 0.6 is 0 Å². The van der Waals surface area contributed by atoms with Crippen molar-refractivity contribution in [2.24, 2.45) is 0 Å². The zero-order valence-electron chi connectivity index (χ0n) is 14.0. The molecule has 2 amide bonds. The molecule has 0 saturated heterocycles. The molecule has 25 heavy (non-hydrogen) atoms. The van der Waals surface area contributed by atoms with Gasteiger partial charge in [-0.2, -0.15) is 0 Å². The quantitative estimate of drug-likeness (QED) is 0.751. The number of hydrogen-bond acceptors (Lipinski definition) is 3. The molecule has 1 N–H and O–H groups in total. The molecular weight excluding hydrogens is 314 g/mol. The Hall–Kier alpha value is -3.34. The SMILES string of the molecule is CN1C(=O)C(c2c[nH]c3ccccc23)=C(N(C)c2ccccc2)C1=O. The first-order valence-electron chi connectivity index (χ1n) is 8.01. The van der Waals surface area contributed by atoms with Crippen molar-refractivity contribution >= 4 is 34.0 Å². The Morgan fingerprint density at radius 2 is 1.60 bits per heavy atom. The van der Waals surface area contributed by atoms with Crippen LogP contribution in [0.5, 0.6) is 0 Å². The Balaban J connectivity index is 1.96. The van der Waals surface area contributed by atoms with Crippen LogP contribution in [-0.4, -0.2) is 35.8 Å². The molecule has 1 aliphatic rings. The zero-order valence-corrected chi connectivity index (χ0v) is 14.0. The Bertz CT molecular complexity index is 1020. The topological polar surface area (TPSA) is 56.4 Å². The molecule has 3 aromatic rings. The summed E-state index contributed by atoms with van der Waals surface area (Å²) in [5.74, 6) is -0.579. The van der Waals surface area contributed by atoms with Crippen molar-refractivity contribution in [3.05, 3.63) is 72.1 Å². The molecule has 0 unspecified atom stereocenters. The molecule has 1 aliphatic heterocycles. The maximum absolute atomic E-state index is 12.8. The molecule has 5 nitrogen and oxygen atoms in total. The first kappa shape index (κ1) is 15.2. The van der Waals surface area contributed by atoms with E-state index < -0.39 is 0 Å². The number of aromatic nitrogens is 1. The van der Waals surface area contributed by atoms with Gasteiger partial charge in [-0.3, -0.25) is 14.5 Å². The van der Waals surface area contributed by atoms with Gasteiger partial charge in [-0.15, -0.1) is 0 Å². The summed E-state index contributed by atoms with van der Waals surface area (Å²) in [5, 5.41) is 0.924. The number of amides is 2. The summed E-state index contributed by atoms with van der Waals surface area (Å²) >= 11 is 0. The number of carbonyl (C=O) groups excluding carboxylic acids is 2. The molecule has 2 aromatic carbocycles. The van der Waals surface area contributed by atoms with Crippen molar-refractivity contribution in [3.8, 4) is 0 Å². The largest absolute Gasteiger partial charge is 0.361 e. The van der Waals surface area contributed by atoms with Gasteiger partial charge >= 0.3 is 0 Å². The fourth-order valence-electron chi connectivity index (χ4n) is 3.24. The molecule has 0 saturated carbocycles. The number of benzene rings is 2. The summed E-state index contributed by atoms with van der Waals surface area (Å²) in [5.41, 5.74) is 3.35. The molecule has 1 aromatic heterocycles. The lowest BCUT2D eigenvalue weighted by Gasteiger charge is -2.20. The second-order valence-electron chi connectivity index (χ2n) is 6.04. The van der Waals surface area contributed by atoms with Crippen LogP contribution in [-0.2, 0) is 9.59 Å². The van der Waals surface area contributed by atoms with E-state index in [1.165, 1.54) is 11.9 Å². The first-order valence-corrected chi connectivity index (χ1v) is 8.01. The molecule has 5 heteroatoms. The van der Waals surface area contributed by atoms with Gasteiger partial charge in [-0.1, -0.05) is 36.4 Å². The van der Waals surface area contributed by atoms with Crippen LogP contribution in [0.4, 0.5) is 5.69 Å². The number of hydrogen-bond donors (Lipinski definition) is 1. The van der Waals surface area contributed by atoms with Gasteiger partial charge in [0.1, 0.15) is 5.70 Å². The highest BCUT2D eigenvalue weighted by Crippen LogP contribution is 2.35. The van der Waals surface area contributed by atoms with Crippen molar-refractivity contribution < 1.29 is 9.59 Å². The number of nitrogens with zero attached hydrogens (tertiary/aromatic N) is 2. The van der Waals surface area contributed by atoms with Gasteiger partial charge in [-0.05, 0) is 18.2 Å². The Morgan fingerprint density at radius 1 is 0.920 bits per heavy atom. The van der Waals surface area contributed by atoms with E-state index >= 15 is 0 Å². The third-order valence-electron chi connectivity index (χ3n) is 4.60. The van der Waals surface area contributed by atoms with Gasteiger partial charge in [0, 0.05) is 42.4 Å². The lowest BCUT2D eigenvalue weighted by atomic mass is 10.0. The molecule has 0 bridgehead atoms. The van der Waals surface area contributed by atoms with Crippen LogP contribution in [0.1, 0.15) is 5.56 Å². The lowest BCUT2D eigenvalue weighted by Crippen LogP contribution is -2.30. The molecule has 0 atom stereocenters. The third-order valence-corrected chi connectivity index (χ3v) is 4.60. The minimum atomic E-state index is -0.295. The Morgan fingerprint density at radius 3 is 2.36 bits per heavy atom. The molecule has 0 aliphatic carbocycles. The van der Waals surface area contributed by atoms with Gasteiger partial charge in [0.05, 0.1) is 5.57 Å². The van der Waals surface area contributed by atoms with Crippen molar-refractivity contribution in [2.45, 2.75) is 0 Å². The Labute approximate surface area is 145 Å². The molecule has 0 spiro atoms. The average molecular weight is 331 g/mol. The van der Waals surface area contributed by atoms with Gasteiger partial charge in [0.2, 0.25) is 0 Å². The molecule has 0 radical (unpaired) electrons. The number of anilines is 1. The van der Waals surface area contributed by atoms with Crippen LogP contribution < -0.4 is 4.90 Å². The second kappa shape index (κ2) is 5.63. The maximum Gasteiger partial charge on any atom is 0.277 e. The normalized spacial score (nSPS) is 14.7. The van der Waals surface area contributed by atoms with E-state index in [0.717, 1.165) is 22.2 Å². The summed E-state index contributed by atoms with van der Waals surface area (Å²) in [6.07, 6.45) is 1.79. The number of imide groups is 1. The van der Waals surface area contributed by atoms with Gasteiger partial charge in [0.15, 0.2) is 0 Å². The predicted octanol–water partition coefficient (Wildman–Crippen LogP) is 3.01. The number of fused-ring (bicyclic) bond motifs is 1. The molecular formula is C20H17N3O2. The predicted molar refractivity (Wildman–Crippen MR) is 97.8 cm³/mol. The van der Waals surface area contributed by atoms with Crippen molar-refractivity contribution in [3.63, 3.8) is 0 Å². The van der Waals surface area contributed by atoms with E-state index in [1.807, 2.05) is 61.6 Å². The van der Waals surface area contributed by atoms with E-state index in [2.05, 4.69) is 4.98 Å². The lowest BCUT2D eigenvalue weighted by molar-refractivity contribution is -0.135. The van der Waals surface area contributed by atoms with Crippen LogP contribution in [0.2, 0.25) is 0 Å². The Kier molecular flexibility index (Phi) is 3.42. The molecule has 2 heterocycles. The van der Waals surface area contributed by atoms with Crippen LogP contribution in [0.25, 0.3) is 16.5 Å². The van der Waals surface area contributed by atoms with Crippen LogP contribution in [0.15, 0.2) is 66.5 Å². The summed E-state index contributed by atoms with van der Waals surface area (Å²) in [6.45, 7) is 0. The average Bonchev–Trinajstić information content (AvgIpc) is 3.16. The number of aromatic amines is 1. The summed E-state index contributed by atoms with van der Waals surface area (Å²) in [4.78, 5) is 31.7. The summed E-state index contributed by atoms with van der Waals surface area (Å²) in [7, 11) is 3.33. The molecule has 124 valence electrons. The highest BCUT2D eigenvalue weighted by Gasteiger charge is 2.39. The molecule has 0 fully saturated rings. The third kappa shape index (κ3) is 2.24. The van der Waals surface area contributed by atoms with Gasteiger partial charge in [-0.25, -0.2) is 0 Å². The van der Waals surface area contributed by atoms with Crippen molar-refractivity contribution in [1.29, 1.82) is 0 Å². The highest BCUT2D eigenvalue weighted by molar-refractivity contribution is 6.38. The number of likely N-dealkylation sites (N-methyl/N-ethyl adjacent to an activating group) is 2. The van der Waals surface area contributed by atoms with E-state index in [-0.39, 0.29) is 11.8 Å².